The van der Waals surface area contributed by atoms with E-state index in [2.05, 4.69) is 20.6 Å². The number of guanidine groups is 1. The molecule has 8 heteroatoms. The fraction of sp³-hybridized carbons (Fsp3) is 0.667. The van der Waals surface area contributed by atoms with Crippen molar-refractivity contribution in [3.63, 3.8) is 0 Å². The van der Waals surface area contributed by atoms with Gasteiger partial charge in [-0.3, -0.25) is 14.8 Å². The monoisotopic (exact) mass is 405 g/mol. The lowest BCUT2D eigenvalue weighted by Gasteiger charge is -2.21. The van der Waals surface area contributed by atoms with Gasteiger partial charge in [0.05, 0.1) is 6.54 Å². The molecule has 162 valence electrons. The minimum absolute atomic E-state index is 0.0173. The first kappa shape index (κ1) is 23.1. The van der Waals surface area contributed by atoms with Crippen LogP contribution in [0.2, 0.25) is 0 Å². The second-order valence-corrected chi connectivity index (χ2v) is 7.22. The van der Waals surface area contributed by atoms with Crippen molar-refractivity contribution in [3.05, 3.63) is 30.1 Å². The van der Waals surface area contributed by atoms with Crippen LogP contribution in [0.3, 0.4) is 0 Å². The van der Waals surface area contributed by atoms with Crippen LogP contribution in [0.4, 0.5) is 0 Å². The van der Waals surface area contributed by atoms with Gasteiger partial charge in [-0.15, -0.1) is 0 Å². The van der Waals surface area contributed by atoms with E-state index < -0.39 is 0 Å². The molecule has 1 amide bonds. The second-order valence-electron chi connectivity index (χ2n) is 7.22. The average Bonchev–Trinajstić information content (AvgIpc) is 2.77. The van der Waals surface area contributed by atoms with Gasteiger partial charge in [0.15, 0.2) is 5.96 Å². The summed E-state index contributed by atoms with van der Waals surface area (Å²) in [7, 11) is 3.51. The van der Waals surface area contributed by atoms with Crippen molar-refractivity contribution in [2.75, 3.05) is 60.2 Å². The molecule has 2 heterocycles. The highest BCUT2D eigenvalue weighted by Crippen LogP contribution is 2.14. The summed E-state index contributed by atoms with van der Waals surface area (Å²) in [5, 5.41) is 6.29. The molecule has 0 atom stereocenters. The molecule has 1 aliphatic rings. The summed E-state index contributed by atoms with van der Waals surface area (Å²) in [5.74, 6) is 1.27. The van der Waals surface area contributed by atoms with Crippen LogP contribution in [0.15, 0.2) is 29.4 Å². The normalized spacial score (nSPS) is 15.2. The smallest absolute Gasteiger partial charge is 0.241 e. The summed E-state index contributed by atoms with van der Waals surface area (Å²) in [6, 6.07) is 5.81. The molecule has 1 aromatic heterocycles. The highest BCUT2D eigenvalue weighted by atomic mass is 16.5. The number of nitrogens with zero attached hydrogens (tertiary/aromatic N) is 3. The van der Waals surface area contributed by atoms with E-state index in [0.29, 0.717) is 18.4 Å². The number of pyridine rings is 1. The Kier molecular flexibility index (Phi) is 11.1. The van der Waals surface area contributed by atoms with Crippen molar-refractivity contribution in [1.29, 1.82) is 0 Å². The number of carbonyl (C=O) groups excluding carboxylic acids is 1. The molecule has 0 radical (unpaired) electrons. The molecule has 1 aromatic rings. The lowest BCUT2D eigenvalue weighted by Crippen LogP contribution is -2.44. The largest absolute Gasteiger partial charge is 0.381 e. The van der Waals surface area contributed by atoms with Crippen molar-refractivity contribution in [2.24, 2.45) is 10.9 Å². The van der Waals surface area contributed by atoms with E-state index >= 15 is 0 Å². The van der Waals surface area contributed by atoms with Crippen LogP contribution in [-0.2, 0) is 20.7 Å². The Morgan fingerprint density at radius 1 is 1.34 bits per heavy atom. The van der Waals surface area contributed by atoms with Gasteiger partial charge in [-0.05, 0) is 37.3 Å². The van der Waals surface area contributed by atoms with Crippen LogP contribution < -0.4 is 10.6 Å². The van der Waals surface area contributed by atoms with Crippen molar-refractivity contribution < 1.29 is 14.3 Å². The molecule has 0 bridgehead atoms. The predicted molar refractivity (Wildman–Crippen MR) is 114 cm³/mol. The first-order valence-electron chi connectivity index (χ1n) is 10.4. The summed E-state index contributed by atoms with van der Waals surface area (Å²) in [5.41, 5.74) is 0.983. The van der Waals surface area contributed by atoms with Gasteiger partial charge >= 0.3 is 0 Å². The number of hydrogen-bond donors (Lipinski definition) is 2. The molecule has 0 saturated carbocycles. The molecule has 29 heavy (non-hydrogen) atoms. The van der Waals surface area contributed by atoms with E-state index in [1.54, 1.807) is 25.2 Å². The lowest BCUT2D eigenvalue weighted by atomic mass is 10.0. The van der Waals surface area contributed by atoms with Gasteiger partial charge in [-0.1, -0.05) is 6.07 Å². The number of aromatic nitrogens is 1. The van der Waals surface area contributed by atoms with Gasteiger partial charge in [0.25, 0.3) is 0 Å². The highest BCUT2D eigenvalue weighted by Gasteiger charge is 2.13. The molecule has 0 aromatic carbocycles. The topological polar surface area (TPSA) is 88.1 Å². The summed E-state index contributed by atoms with van der Waals surface area (Å²) in [6.07, 6.45) is 5.59. The minimum Gasteiger partial charge on any atom is -0.381 e. The van der Waals surface area contributed by atoms with E-state index in [9.17, 15) is 4.79 Å². The van der Waals surface area contributed by atoms with Crippen molar-refractivity contribution in [3.8, 4) is 0 Å². The SMILES string of the molecule is CN=C(NCCCOCC1CCOCC1)NCC(=O)N(C)CCc1ccccn1. The summed E-state index contributed by atoms with van der Waals surface area (Å²) in [4.78, 5) is 22.4. The van der Waals surface area contributed by atoms with E-state index in [4.69, 9.17) is 9.47 Å². The minimum atomic E-state index is 0.0173. The third kappa shape index (κ3) is 9.71. The molecule has 2 N–H and O–H groups in total. The van der Waals surface area contributed by atoms with Crippen LogP contribution in [0.1, 0.15) is 25.0 Å². The van der Waals surface area contributed by atoms with Crippen molar-refractivity contribution >= 4 is 11.9 Å². The Labute approximate surface area is 174 Å². The number of ether oxygens (including phenoxy) is 2. The van der Waals surface area contributed by atoms with E-state index in [0.717, 1.165) is 64.3 Å². The number of carbonyl (C=O) groups is 1. The zero-order valence-electron chi connectivity index (χ0n) is 17.7. The molecule has 2 rings (SSSR count). The predicted octanol–water partition coefficient (Wildman–Crippen LogP) is 1.08. The number of nitrogens with one attached hydrogen (secondary N) is 2. The molecule has 1 fully saturated rings. The van der Waals surface area contributed by atoms with E-state index in [1.165, 1.54) is 0 Å². The van der Waals surface area contributed by atoms with Crippen LogP contribution in [0, 0.1) is 5.92 Å². The number of rotatable bonds is 11. The van der Waals surface area contributed by atoms with Crippen molar-refractivity contribution in [1.82, 2.24) is 20.5 Å². The Morgan fingerprint density at radius 3 is 2.90 bits per heavy atom. The molecular weight excluding hydrogens is 370 g/mol. The molecule has 1 saturated heterocycles. The van der Waals surface area contributed by atoms with Gasteiger partial charge in [-0.2, -0.15) is 0 Å². The van der Waals surface area contributed by atoms with Crippen LogP contribution in [0.25, 0.3) is 0 Å². The second kappa shape index (κ2) is 13.9. The maximum absolute atomic E-state index is 12.3. The first-order valence-corrected chi connectivity index (χ1v) is 10.4. The zero-order chi connectivity index (χ0) is 20.7. The summed E-state index contributed by atoms with van der Waals surface area (Å²) < 4.78 is 11.1. The lowest BCUT2D eigenvalue weighted by molar-refractivity contribution is -0.128. The Bertz CT molecular complexity index is 606. The van der Waals surface area contributed by atoms with Crippen LogP contribution in [0.5, 0.6) is 0 Å². The standard InChI is InChI=1S/C21H35N5O3/c1-22-21(24-11-5-13-29-17-18-8-14-28-15-9-18)25-16-20(27)26(2)12-7-19-6-3-4-10-23-19/h3-4,6,10,18H,5,7-9,11-17H2,1-2H3,(H2,22,24,25). The fourth-order valence-electron chi connectivity index (χ4n) is 3.01. The van der Waals surface area contributed by atoms with Crippen LogP contribution >= 0.6 is 0 Å². The number of likely N-dealkylation sites (N-methyl/N-ethyl adjacent to an activating group) is 1. The highest BCUT2D eigenvalue weighted by molar-refractivity contribution is 5.86. The first-order chi connectivity index (χ1) is 14.2. The quantitative estimate of drug-likeness (QED) is 0.325. The molecule has 0 unspecified atom stereocenters. The Morgan fingerprint density at radius 2 is 2.17 bits per heavy atom. The third-order valence-electron chi connectivity index (χ3n) is 4.94. The van der Waals surface area contributed by atoms with Crippen molar-refractivity contribution in [2.45, 2.75) is 25.7 Å². The Balaban J connectivity index is 1.52. The van der Waals surface area contributed by atoms with Gasteiger partial charge < -0.3 is 25.0 Å². The maximum atomic E-state index is 12.3. The van der Waals surface area contributed by atoms with Gasteiger partial charge in [-0.25, -0.2) is 0 Å². The summed E-state index contributed by atoms with van der Waals surface area (Å²) in [6.45, 7) is 4.83. The number of amides is 1. The number of hydrogen-bond acceptors (Lipinski definition) is 5. The average molecular weight is 406 g/mol. The zero-order valence-corrected chi connectivity index (χ0v) is 17.7. The van der Waals surface area contributed by atoms with E-state index in [-0.39, 0.29) is 12.5 Å². The summed E-state index contributed by atoms with van der Waals surface area (Å²) >= 11 is 0. The molecule has 1 aliphatic heterocycles. The molecule has 0 aliphatic carbocycles. The molecule has 8 nitrogen and oxygen atoms in total. The maximum Gasteiger partial charge on any atom is 0.241 e. The van der Waals surface area contributed by atoms with Crippen LogP contribution in [-0.4, -0.2) is 81.9 Å². The van der Waals surface area contributed by atoms with Gasteiger partial charge in [0, 0.05) is 71.9 Å². The van der Waals surface area contributed by atoms with Gasteiger partial charge in [0.1, 0.15) is 0 Å². The van der Waals surface area contributed by atoms with E-state index in [1.807, 2.05) is 18.2 Å². The fourth-order valence-corrected chi connectivity index (χ4v) is 3.01. The molecule has 0 spiro atoms. The van der Waals surface area contributed by atoms with Gasteiger partial charge in [0.2, 0.25) is 5.91 Å². The molecular formula is C21H35N5O3. The number of aliphatic imine (C=N–C) groups is 1. The Hall–Kier alpha value is -2.19. The third-order valence-corrected chi connectivity index (χ3v) is 4.94.